The normalized spacial score (nSPS) is 10.2. The van der Waals surface area contributed by atoms with Gasteiger partial charge in [-0.15, -0.1) is 0 Å². The minimum atomic E-state index is -0.443. The maximum absolute atomic E-state index is 11.8. The number of nitrogens with one attached hydrogen (secondary N) is 1. The van der Waals surface area contributed by atoms with Crippen LogP contribution in [0.1, 0.15) is 16.1 Å². The van der Waals surface area contributed by atoms with Gasteiger partial charge < -0.3 is 9.15 Å². The summed E-state index contributed by atoms with van der Waals surface area (Å²) in [5, 5.41) is 2.66. The van der Waals surface area contributed by atoms with Gasteiger partial charge in [-0.2, -0.15) is 4.98 Å². The van der Waals surface area contributed by atoms with Crippen LogP contribution in [0.4, 0.5) is 5.95 Å². The van der Waals surface area contributed by atoms with Crippen molar-refractivity contribution < 1.29 is 13.9 Å². The molecule has 0 aliphatic heterocycles. The molecule has 0 saturated heterocycles. The quantitative estimate of drug-likeness (QED) is 0.864. The van der Waals surface area contributed by atoms with Crippen LogP contribution in [0.2, 0.25) is 5.15 Å². The smallest absolute Gasteiger partial charge is 0.293 e. The van der Waals surface area contributed by atoms with E-state index in [-0.39, 0.29) is 22.7 Å². The SMILES string of the molecule is COc1cc(Cl)nc(NC(=O)c2occc2C)n1. The van der Waals surface area contributed by atoms with E-state index in [9.17, 15) is 4.79 Å². The van der Waals surface area contributed by atoms with Crippen LogP contribution < -0.4 is 10.1 Å². The Hall–Kier alpha value is -2.08. The molecule has 2 rings (SSSR count). The molecule has 1 amide bonds. The summed E-state index contributed by atoms with van der Waals surface area (Å²) in [7, 11) is 1.45. The molecule has 0 atom stereocenters. The Morgan fingerprint density at radius 3 is 2.89 bits per heavy atom. The van der Waals surface area contributed by atoms with Gasteiger partial charge in [0.1, 0.15) is 5.15 Å². The van der Waals surface area contributed by atoms with Gasteiger partial charge in [0, 0.05) is 11.6 Å². The Balaban J connectivity index is 2.22. The average molecular weight is 268 g/mol. The van der Waals surface area contributed by atoms with E-state index in [2.05, 4.69) is 15.3 Å². The van der Waals surface area contributed by atoms with E-state index in [0.29, 0.717) is 0 Å². The number of furan rings is 1. The van der Waals surface area contributed by atoms with E-state index in [0.717, 1.165) is 5.56 Å². The topological polar surface area (TPSA) is 77.2 Å². The molecule has 0 aromatic carbocycles. The molecule has 0 saturated carbocycles. The highest BCUT2D eigenvalue weighted by Gasteiger charge is 2.14. The van der Waals surface area contributed by atoms with Gasteiger partial charge in [-0.05, 0) is 13.0 Å². The highest BCUT2D eigenvalue weighted by molar-refractivity contribution is 6.29. The van der Waals surface area contributed by atoms with Crippen molar-refractivity contribution in [1.29, 1.82) is 0 Å². The van der Waals surface area contributed by atoms with Crippen LogP contribution in [0.5, 0.6) is 5.88 Å². The predicted molar refractivity (Wildman–Crippen MR) is 65.0 cm³/mol. The van der Waals surface area contributed by atoms with Crippen molar-refractivity contribution in [2.24, 2.45) is 0 Å². The summed E-state index contributed by atoms with van der Waals surface area (Å²) in [6.07, 6.45) is 1.43. The van der Waals surface area contributed by atoms with Crippen molar-refractivity contribution in [2.75, 3.05) is 12.4 Å². The molecule has 2 aromatic rings. The van der Waals surface area contributed by atoms with E-state index in [4.69, 9.17) is 20.8 Å². The first-order chi connectivity index (χ1) is 8.60. The number of hydrogen-bond donors (Lipinski definition) is 1. The molecule has 6 nitrogen and oxygen atoms in total. The van der Waals surface area contributed by atoms with Gasteiger partial charge in [0.05, 0.1) is 13.4 Å². The first-order valence-corrected chi connectivity index (χ1v) is 5.42. The Kier molecular flexibility index (Phi) is 3.47. The van der Waals surface area contributed by atoms with Crippen molar-refractivity contribution >= 4 is 23.5 Å². The van der Waals surface area contributed by atoms with Gasteiger partial charge in [0.25, 0.3) is 5.91 Å². The van der Waals surface area contributed by atoms with Gasteiger partial charge in [0.2, 0.25) is 11.8 Å². The first kappa shape index (κ1) is 12.4. The zero-order valence-corrected chi connectivity index (χ0v) is 10.5. The summed E-state index contributed by atoms with van der Waals surface area (Å²) in [4.78, 5) is 19.6. The molecular weight excluding hydrogens is 258 g/mol. The number of carbonyl (C=O) groups excluding carboxylic acids is 1. The second kappa shape index (κ2) is 5.05. The maximum Gasteiger partial charge on any atom is 0.293 e. The number of rotatable bonds is 3. The highest BCUT2D eigenvalue weighted by atomic mass is 35.5. The minimum Gasteiger partial charge on any atom is -0.481 e. The van der Waals surface area contributed by atoms with Gasteiger partial charge >= 0.3 is 0 Å². The van der Waals surface area contributed by atoms with Crippen molar-refractivity contribution in [1.82, 2.24) is 9.97 Å². The number of ether oxygens (including phenoxy) is 1. The number of nitrogens with zero attached hydrogens (tertiary/aromatic N) is 2. The fourth-order valence-electron chi connectivity index (χ4n) is 1.32. The molecule has 0 spiro atoms. The standard InChI is InChI=1S/C11H10ClN3O3/c1-6-3-4-18-9(6)10(16)15-11-13-7(12)5-8(14-11)17-2/h3-5H,1-2H3,(H,13,14,15,16). The maximum atomic E-state index is 11.8. The summed E-state index contributed by atoms with van der Waals surface area (Å²) in [5.74, 6) is 0.0842. The fraction of sp³-hybridized carbons (Fsp3) is 0.182. The molecule has 0 fully saturated rings. The lowest BCUT2D eigenvalue weighted by atomic mass is 10.3. The Morgan fingerprint density at radius 1 is 1.50 bits per heavy atom. The summed E-state index contributed by atoms with van der Waals surface area (Å²) in [5.41, 5.74) is 0.724. The molecule has 0 aliphatic carbocycles. The second-order valence-corrected chi connectivity index (χ2v) is 3.83. The van der Waals surface area contributed by atoms with Crippen LogP contribution in [0.25, 0.3) is 0 Å². The number of aromatic nitrogens is 2. The average Bonchev–Trinajstić information content (AvgIpc) is 2.74. The van der Waals surface area contributed by atoms with Crippen LogP contribution in [-0.4, -0.2) is 23.0 Å². The van der Waals surface area contributed by atoms with Gasteiger partial charge in [-0.1, -0.05) is 11.6 Å². The molecular formula is C11H10ClN3O3. The van der Waals surface area contributed by atoms with Crippen LogP contribution >= 0.6 is 11.6 Å². The van der Waals surface area contributed by atoms with Crippen LogP contribution in [0, 0.1) is 6.92 Å². The third-order valence-corrected chi connectivity index (χ3v) is 2.37. The molecule has 1 N–H and O–H groups in total. The molecule has 94 valence electrons. The number of halogens is 1. The number of aryl methyl sites for hydroxylation is 1. The molecule has 7 heteroatoms. The van der Waals surface area contributed by atoms with Gasteiger partial charge in [-0.3, -0.25) is 10.1 Å². The molecule has 0 radical (unpaired) electrons. The van der Waals surface area contributed by atoms with Crippen molar-refractivity contribution in [3.8, 4) is 5.88 Å². The summed E-state index contributed by atoms with van der Waals surface area (Å²) in [6.45, 7) is 1.76. The molecule has 0 aliphatic rings. The van der Waals surface area contributed by atoms with Crippen LogP contribution in [0.3, 0.4) is 0 Å². The summed E-state index contributed by atoms with van der Waals surface area (Å²) >= 11 is 5.76. The van der Waals surface area contributed by atoms with E-state index < -0.39 is 5.91 Å². The molecule has 2 aromatic heterocycles. The monoisotopic (exact) mass is 267 g/mol. The van der Waals surface area contributed by atoms with Gasteiger partial charge in [-0.25, -0.2) is 4.98 Å². The largest absolute Gasteiger partial charge is 0.481 e. The molecule has 0 bridgehead atoms. The minimum absolute atomic E-state index is 0.0557. The molecule has 0 unspecified atom stereocenters. The highest BCUT2D eigenvalue weighted by Crippen LogP contribution is 2.17. The van der Waals surface area contributed by atoms with Crippen molar-refractivity contribution in [2.45, 2.75) is 6.92 Å². The van der Waals surface area contributed by atoms with Crippen LogP contribution in [-0.2, 0) is 0 Å². The van der Waals surface area contributed by atoms with E-state index >= 15 is 0 Å². The van der Waals surface area contributed by atoms with Crippen LogP contribution in [0.15, 0.2) is 22.8 Å². The lowest BCUT2D eigenvalue weighted by molar-refractivity contribution is 0.0995. The third kappa shape index (κ3) is 2.60. The summed E-state index contributed by atoms with van der Waals surface area (Å²) in [6, 6.07) is 3.13. The number of hydrogen-bond acceptors (Lipinski definition) is 5. The lowest BCUT2D eigenvalue weighted by Gasteiger charge is -2.04. The number of anilines is 1. The number of amides is 1. The first-order valence-electron chi connectivity index (χ1n) is 5.04. The van der Waals surface area contributed by atoms with Crippen molar-refractivity contribution in [3.63, 3.8) is 0 Å². The van der Waals surface area contributed by atoms with E-state index in [1.165, 1.54) is 19.4 Å². The zero-order chi connectivity index (χ0) is 13.1. The van der Waals surface area contributed by atoms with Crippen molar-refractivity contribution in [3.05, 3.63) is 34.9 Å². The predicted octanol–water partition coefficient (Wildman–Crippen LogP) is 2.29. The Labute approximate surface area is 108 Å². The Morgan fingerprint density at radius 2 is 2.28 bits per heavy atom. The fourth-order valence-corrected chi connectivity index (χ4v) is 1.49. The van der Waals surface area contributed by atoms with E-state index in [1.54, 1.807) is 13.0 Å². The summed E-state index contributed by atoms with van der Waals surface area (Å²) < 4.78 is 9.97. The molecule has 18 heavy (non-hydrogen) atoms. The zero-order valence-electron chi connectivity index (χ0n) is 9.73. The lowest BCUT2D eigenvalue weighted by Crippen LogP contribution is -2.14. The van der Waals surface area contributed by atoms with Gasteiger partial charge in [0.15, 0.2) is 5.76 Å². The third-order valence-electron chi connectivity index (χ3n) is 2.17. The van der Waals surface area contributed by atoms with E-state index in [1.807, 2.05) is 0 Å². The number of methoxy groups -OCH3 is 1. The number of carbonyl (C=O) groups is 1. The molecule has 2 heterocycles. The Bertz CT molecular complexity index is 583. The second-order valence-electron chi connectivity index (χ2n) is 3.44.